The predicted molar refractivity (Wildman–Crippen MR) is 87.1 cm³/mol. The van der Waals surface area contributed by atoms with E-state index in [1.54, 1.807) is 7.11 Å². The molecule has 0 saturated heterocycles. The van der Waals surface area contributed by atoms with E-state index in [0.717, 1.165) is 16.5 Å². The summed E-state index contributed by atoms with van der Waals surface area (Å²) in [5, 5.41) is 11.6. The summed E-state index contributed by atoms with van der Waals surface area (Å²) in [6, 6.07) is 19.3. The second-order valence-electron chi connectivity index (χ2n) is 5.71. The quantitative estimate of drug-likeness (QED) is 0.786. The lowest BCUT2D eigenvalue weighted by molar-refractivity contribution is -0.205. The van der Waals surface area contributed by atoms with Gasteiger partial charge in [0.1, 0.15) is 11.4 Å². The molecule has 1 N–H and O–H groups in total. The van der Waals surface area contributed by atoms with Crippen molar-refractivity contribution in [2.24, 2.45) is 0 Å². The van der Waals surface area contributed by atoms with Gasteiger partial charge >= 0.3 is 0 Å². The van der Waals surface area contributed by atoms with Crippen LogP contribution in [0.25, 0.3) is 10.9 Å². The number of para-hydroxylation sites is 2. The zero-order valence-electron chi connectivity index (χ0n) is 12.8. The molecule has 4 heteroatoms. The molecule has 1 aliphatic rings. The summed E-state index contributed by atoms with van der Waals surface area (Å²) >= 11 is 0. The van der Waals surface area contributed by atoms with Crippen LogP contribution >= 0.6 is 0 Å². The summed E-state index contributed by atoms with van der Waals surface area (Å²) in [5.74, 6) is -0.458. The molecule has 4 nitrogen and oxygen atoms in total. The first kappa shape index (κ1) is 14.2. The number of aliphatic hydroxyl groups excluding tert-OH is 1. The van der Waals surface area contributed by atoms with Crippen LogP contribution in [0.2, 0.25) is 0 Å². The van der Waals surface area contributed by atoms with Gasteiger partial charge in [0.05, 0.1) is 11.6 Å². The van der Waals surface area contributed by atoms with Crippen LogP contribution in [-0.2, 0) is 10.5 Å². The summed E-state index contributed by atoms with van der Waals surface area (Å²) in [7, 11) is 1.58. The number of rotatable bonds is 2. The Bertz CT molecular complexity index is 864. The Morgan fingerprint density at radius 1 is 1.09 bits per heavy atom. The number of hydrogen-bond acceptors (Lipinski definition) is 4. The fraction of sp³-hybridized carbons (Fsp3) is 0.211. The third-order valence-corrected chi connectivity index (χ3v) is 4.33. The third kappa shape index (κ3) is 2.27. The second kappa shape index (κ2) is 5.33. The zero-order chi connectivity index (χ0) is 15.9. The van der Waals surface area contributed by atoms with Crippen molar-refractivity contribution in [1.82, 2.24) is 4.98 Å². The Balaban J connectivity index is 1.83. The SMILES string of the molecule is COC1(c2ccc3ccccc3n2)CC(O)c2ccccc2O1. The lowest BCUT2D eigenvalue weighted by Gasteiger charge is -2.38. The number of aromatic nitrogens is 1. The topological polar surface area (TPSA) is 51.6 Å². The largest absolute Gasteiger partial charge is 0.456 e. The normalized spacial score (nSPS) is 23.3. The van der Waals surface area contributed by atoms with Crippen LogP contribution < -0.4 is 4.74 Å². The fourth-order valence-corrected chi connectivity index (χ4v) is 3.10. The molecule has 2 aromatic carbocycles. The van der Waals surface area contributed by atoms with Crippen LogP contribution in [0.15, 0.2) is 60.7 Å². The van der Waals surface area contributed by atoms with Crippen molar-refractivity contribution in [3.8, 4) is 5.75 Å². The van der Waals surface area contributed by atoms with Crippen molar-refractivity contribution in [2.75, 3.05) is 7.11 Å². The van der Waals surface area contributed by atoms with Gasteiger partial charge in [-0.3, -0.25) is 0 Å². The third-order valence-electron chi connectivity index (χ3n) is 4.33. The number of nitrogens with zero attached hydrogens (tertiary/aromatic N) is 1. The molecule has 2 atom stereocenters. The highest BCUT2D eigenvalue weighted by molar-refractivity contribution is 5.78. The summed E-state index contributed by atoms with van der Waals surface area (Å²) in [6.45, 7) is 0. The van der Waals surface area contributed by atoms with E-state index in [9.17, 15) is 5.11 Å². The van der Waals surface area contributed by atoms with Crippen LogP contribution in [0.1, 0.15) is 23.8 Å². The van der Waals surface area contributed by atoms with Crippen molar-refractivity contribution >= 4 is 10.9 Å². The summed E-state index contributed by atoms with van der Waals surface area (Å²) < 4.78 is 11.8. The minimum atomic E-state index is -1.09. The van der Waals surface area contributed by atoms with E-state index < -0.39 is 11.9 Å². The monoisotopic (exact) mass is 307 g/mol. The van der Waals surface area contributed by atoms with Gasteiger partial charge in [0.2, 0.25) is 0 Å². The molecule has 0 saturated carbocycles. The Morgan fingerprint density at radius 2 is 1.87 bits per heavy atom. The van der Waals surface area contributed by atoms with E-state index in [1.165, 1.54) is 0 Å². The molecular weight excluding hydrogens is 290 g/mol. The maximum atomic E-state index is 10.5. The summed E-state index contributed by atoms with van der Waals surface area (Å²) in [6.07, 6.45) is -0.362. The van der Waals surface area contributed by atoms with E-state index in [4.69, 9.17) is 9.47 Å². The second-order valence-corrected chi connectivity index (χ2v) is 5.71. The molecular formula is C19H17NO3. The number of hydrogen-bond donors (Lipinski definition) is 1. The Labute approximate surface area is 134 Å². The highest BCUT2D eigenvalue weighted by atomic mass is 16.7. The van der Waals surface area contributed by atoms with Gasteiger partial charge in [0.15, 0.2) is 0 Å². The van der Waals surface area contributed by atoms with Gasteiger partial charge in [-0.1, -0.05) is 42.5 Å². The van der Waals surface area contributed by atoms with Gasteiger partial charge < -0.3 is 14.6 Å². The number of ether oxygens (including phenoxy) is 2. The van der Waals surface area contributed by atoms with Crippen molar-refractivity contribution in [3.63, 3.8) is 0 Å². The maximum absolute atomic E-state index is 10.5. The van der Waals surface area contributed by atoms with E-state index in [-0.39, 0.29) is 0 Å². The Morgan fingerprint density at radius 3 is 2.74 bits per heavy atom. The van der Waals surface area contributed by atoms with Gasteiger partial charge in [0.25, 0.3) is 5.79 Å². The van der Waals surface area contributed by atoms with Crippen molar-refractivity contribution in [2.45, 2.75) is 18.3 Å². The molecule has 2 heterocycles. The number of benzene rings is 2. The van der Waals surface area contributed by atoms with E-state index in [2.05, 4.69) is 4.98 Å². The average molecular weight is 307 g/mol. The molecule has 0 bridgehead atoms. The molecule has 3 aromatic rings. The minimum Gasteiger partial charge on any atom is -0.456 e. The molecule has 0 aliphatic carbocycles. The van der Waals surface area contributed by atoms with Gasteiger partial charge in [-0.25, -0.2) is 4.98 Å². The molecule has 1 aliphatic heterocycles. The van der Waals surface area contributed by atoms with Crippen LogP contribution in [0, 0.1) is 0 Å². The van der Waals surface area contributed by atoms with Crippen molar-refractivity contribution in [1.29, 1.82) is 0 Å². The lowest BCUT2D eigenvalue weighted by atomic mass is 9.94. The number of aliphatic hydroxyl groups is 1. The maximum Gasteiger partial charge on any atom is 0.256 e. The molecule has 1 aromatic heterocycles. The van der Waals surface area contributed by atoms with Crippen LogP contribution in [-0.4, -0.2) is 17.2 Å². The molecule has 23 heavy (non-hydrogen) atoms. The lowest BCUT2D eigenvalue weighted by Crippen LogP contribution is -2.41. The van der Waals surface area contributed by atoms with Gasteiger partial charge in [-0.2, -0.15) is 0 Å². The van der Waals surface area contributed by atoms with Crippen LogP contribution in [0.3, 0.4) is 0 Å². The first-order valence-corrected chi connectivity index (χ1v) is 7.59. The number of fused-ring (bicyclic) bond motifs is 2. The molecule has 2 unspecified atom stereocenters. The first-order chi connectivity index (χ1) is 11.2. The highest BCUT2D eigenvalue weighted by Gasteiger charge is 2.43. The summed E-state index contributed by atoms with van der Waals surface area (Å²) in [5.41, 5.74) is 2.31. The standard InChI is InChI=1S/C19H17NO3/c1-22-19(12-16(21)14-7-3-5-9-17(14)23-19)18-11-10-13-6-2-4-8-15(13)20-18/h2-11,16,21H,12H2,1H3. The zero-order valence-corrected chi connectivity index (χ0v) is 12.8. The average Bonchev–Trinajstić information content (AvgIpc) is 2.61. The van der Waals surface area contributed by atoms with Crippen molar-refractivity contribution in [3.05, 3.63) is 71.9 Å². The Kier molecular flexibility index (Phi) is 3.29. The van der Waals surface area contributed by atoms with Crippen LogP contribution in [0.5, 0.6) is 5.75 Å². The molecule has 0 spiro atoms. The van der Waals surface area contributed by atoms with Crippen LogP contribution in [0.4, 0.5) is 0 Å². The van der Waals surface area contributed by atoms with Gasteiger partial charge in [0, 0.05) is 24.5 Å². The molecule has 0 amide bonds. The number of pyridine rings is 1. The molecule has 116 valence electrons. The smallest absolute Gasteiger partial charge is 0.256 e. The van der Waals surface area contributed by atoms with E-state index >= 15 is 0 Å². The molecule has 4 rings (SSSR count). The van der Waals surface area contributed by atoms with Crippen molar-refractivity contribution < 1.29 is 14.6 Å². The van der Waals surface area contributed by atoms with Gasteiger partial charge in [-0.15, -0.1) is 0 Å². The molecule has 0 radical (unpaired) electrons. The van der Waals surface area contributed by atoms with Gasteiger partial charge in [-0.05, 0) is 18.2 Å². The minimum absolute atomic E-state index is 0.297. The van der Waals surface area contributed by atoms with E-state index in [1.807, 2.05) is 60.7 Å². The number of methoxy groups -OCH3 is 1. The Hall–Kier alpha value is -2.43. The summed E-state index contributed by atoms with van der Waals surface area (Å²) in [4.78, 5) is 4.69. The molecule has 0 fully saturated rings. The fourth-order valence-electron chi connectivity index (χ4n) is 3.10. The highest BCUT2D eigenvalue weighted by Crippen LogP contribution is 2.44. The predicted octanol–water partition coefficient (Wildman–Crippen LogP) is 3.55. The first-order valence-electron chi connectivity index (χ1n) is 7.59. The van der Waals surface area contributed by atoms with E-state index in [0.29, 0.717) is 17.9 Å².